The minimum absolute atomic E-state index is 0.226. The molecule has 2 N–H and O–H groups in total. The standard InChI is InChI=1S/C13H25F3N2/c1-10-5-7-18(9-12(10)8-17)11(2)4-3-6-13(14,15)16/h10-12H,3-9,17H2,1-2H3. The highest BCUT2D eigenvalue weighted by Crippen LogP contribution is 2.27. The van der Waals surface area contributed by atoms with Gasteiger partial charge in [0.2, 0.25) is 0 Å². The second-order valence-electron chi connectivity index (χ2n) is 5.61. The number of hydrogen-bond acceptors (Lipinski definition) is 2. The molecule has 1 rings (SSSR count). The number of nitrogens with two attached hydrogens (primary N) is 1. The van der Waals surface area contributed by atoms with Gasteiger partial charge in [-0.15, -0.1) is 0 Å². The number of alkyl halides is 3. The average Bonchev–Trinajstić information content (AvgIpc) is 2.27. The lowest BCUT2D eigenvalue weighted by Gasteiger charge is -2.40. The van der Waals surface area contributed by atoms with Crippen LogP contribution >= 0.6 is 0 Å². The molecule has 0 aromatic carbocycles. The molecule has 0 radical (unpaired) electrons. The van der Waals surface area contributed by atoms with E-state index in [2.05, 4.69) is 11.8 Å². The van der Waals surface area contributed by atoms with E-state index in [4.69, 9.17) is 5.73 Å². The molecular formula is C13H25F3N2. The summed E-state index contributed by atoms with van der Waals surface area (Å²) in [4.78, 5) is 2.30. The summed E-state index contributed by atoms with van der Waals surface area (Å²) in [5.41, 5.74) is 5.74. The lowest BCUT2D eigenvalue weighted by molar-refractivity contribution is -0.136. The van der Waals surface area contributed by atoms with Crippen molar-refractivity contribution in [2.45, 2.75) is 51.7 Å². The topological polar surface area (TPSA) is 29.3 Å². The van der Waals surface area contributed by atoms with Gasteiger partial charge in [-0.1, -0.05) is 6.92 Å². The molecule has 1 saturated heterocycles. The summed E-state index contributed by atoms with van der Waals surface area (Å²) in [6, 6.07) is 0.230. The normalized spacial score (nSPS) is 28.3. The van der Waals surface area contributed by atoms with Crippen molar-refractivity contribution >= 4 is 0 Å². The minimum Gasteiger partial charge on any atom is -0.330 e. The Balaban J connectivity index is 2.31. The Morgan fingerprint density at radius 3 is 2.61 bits per heavy atom. The van der Waals surface area contributed by atoms with Crippen molar-refractivity contribution in [2.24, 2.45) is 17.6 Å². The Kier molecular flexibility index (Phi) is 5.92. The van der Waals surface area contributed by atoms with Crippen molar-refractivity contribution in [3.05, 3.63) is 0 Å². The third kappa shape index (κ3) is 5.14. The average molecular weight is 266 g/mol. The van der Waals surface area contributed by atoms with Gasteiger partial charge in [-0.25, -0.2) is 0 Å². The predicted octanol–water partition coefficient (Wildman–Crippen LogP) is 3.02. The first kappa shape index (κ1) is 15.8. The van der Waals surface area contributed by atoms with Crippen molar-refractivity contribution < 1.29 is 13.2 Å². The molecule has 0 saturated carbocycles. The maximum Gasteiger partial charge on any atom is 0.389 e. The molecule has 0 aromatic rings. The van der Waals surface area contributed by atoms with Crippen LogP contribution in [0.2, 0.25) is 0 Å². The van der Waals surface area contributed by atoms with E-state index < -0.39 is 12.6 Å². The van der Waals surface area contributed by atoms with Crippen LogP contribution in [0.25, 0.3) is 0 Å². The molecule has 3 unspecified atom stereocenters. The molecule has 108 valence electrons. The van der Waals surface area contributed by atoms with Crippen molar-refractivity contribution in [1.29, 1.82) is 0 Å². The zero-order valence-corrected chi connectivity index (χ0v) is 11.3. The van der Waals surface area contributed by atoms with E-state index >= 15 is 0 Å². The van der Waals surface area contributed by atoms with E-state index in [1.54, 1.807) is 0 Å². The van der Waals surface area contributed by atoms with E-state index in [1.807, 2.05) is 6.92 Å². The van der Waals surface area contributed by atoms with Crippen LogP contribution in [0.3, 0.4) is 0 Å². The first-order valence-corrected chi connectivity index (χ1v) is 6.84. The highest BCUT2D eigenvalue weighted by atomic mass is 19.4. The third-order valence-electron chi connectivity index (χ3n) is 4.15. The zero-order valence-electron chi connectivity index (χ0n) is 11.3. The number of piperidine rings is 1. The van der Waals surface area contributed by atoms with Gasteiger partial charge in [0.05, 0.1) is 0 Å². The summed E-state index contributed by atoms with van der Waals surface area (Å²) in [6.07, 6.45) is -2.74. The molecule has 1 aliphatic rings. The SMILES string of the molecule is CC1CCN(C(C)CCCC(F)(F)F)CC1CN. The Morgan fingerprint density at radius 1 is 1.39 bits per heavy atom. The molecule has 18 heavy (non-hydrogen) atoms. The molecule has 3 atom stereocenters. The molecule has 1 heterocycles. The van der Waals surface area contributed by atoms with Gasteiger partial charge in [0, 0.05) is 19.0 Å². The van der Waals surface area contributed by atoms with Gasteiger partial charge in [0.1, 0.15) is 0 Å². The van der Waals surface area contributed by atoms with Crippen molar-refractivity contribution in [3.8, 4) is 0 Å². The number of halogens is 3. The van der Waals surface area contributed by atoms with Crippen LogP contribution in [-0.4, -0.2) is 36.8 Å². The van der Waals surface area contributed by atoms with Gasteiger partial charge >= 0.3 is 6.18 Å². The molecule has 0 amide bonds. The van der Waals surface area contributed by atoms with Gasteiger partial charge in [-0.2, -0.15) is 13.2 Å². The molecule has 5 heteroatoms. The Bertz CT molecular complexity index is 243. The summed E-state index contributed by atoms with van der Waals surface area (Å²) >= 11 is 0. The molecule has 0 spiro atoms. The Hall–Kier alpha value is -0.290. The van der Waals surface area contributed by atoms with E-state index in [1.165, 1.54) is 0 Å². The van der Waals surface area contributed by atoms with Crippen LogP contribution in [0, 0.1) is 11.8 Å². The predicted molar refractivity (Wildman–Crippen MR) is 67.3 cm³/mol. The van der Waals surface area contributed by atoms with Crippen LogP contribution < -0.4 is 5.73 Å². The molecule has 0 bridgehead atoms. The second kappa shape index (κ2) is 6.75. The van der Waals surface area contributed by atoms with E-state index in [0.29, 0.717) is 24.8 Å². The van der Waals surface area contributed by atoms with Crippen LogP contribution in [0.15, 0.2) is 0 Å². The molecule has 1 aliphatic heterocycles. The van der Waals surface area contributed by atoms with Gasteiger partial charge in [0.15, 0.2) is 0 Å². The Morgan fingerprint density at radius 2 is 2.06 bits per heavy atom. The molecule has 2 nitrogen and oxygen atoms in total. The minimum atomic E-state index is -4.02. The fourth-order valence-electron chi connectivity index (χ4n) is 2.67. The fourth-order valence-corrected chi connectivity index (χ4v) is 2.67. The lowest BCUT2D eigenvalue weighted by atomic mass is 9.86. The molecule has 0 aromatic heterocycles. The van der Waals surface area contributed by atoms with E-state index in [-0.39, 0.29) is 12.5 Å². The summed E-state index contributed by atoms with van der Waals surface area (Å²) in [5, 5.41) is 0. The summed E-state index contributed by atoms with van der Waals surface area (Å²) in [7, 11) is 0. The van der Waals surface area contributed by atoms with E-state index in [9.17, 15) is 13.2 Å². The van der Waals surface area contributed by atoms with Crippen LogP contribution in [0.4, 0.5) is 13.2 Å². The first-order valence-electron chi connectivity index (χ1n) is 6.84. The van der Waals surface area contributed by atoms with Crippen molar-refractivity contribution in [2.75, 3.05) is 19.6 Å². The summed E-state index contributed by atoms with van der Waals surface area (Å²) in [6.45, 7) is 6.84. The number of rotatable bonds is 5. The zero-order chi connectivity index (χ0) is 13.8. The fraction of sp³-hybridized carbons (Fsp3) is 1.00. The molecule has 0 aliphatic carbocycles. The maximum atomic E-state index is 12.1. The van der Waals surface area contributed by atoms with Crippen LogP contribution in [0.1, 0.15) is 39.5 Å². The first-order chi connectivity index (χ1) is 8.33. The molecular weight excluding hydrogens is 241 g/mol. The number of likely N-dealkylation sites (tertiary alicyclic amines) is 1. The second-order valence-corrected chi connectivity index (χ2v) is 5.61. The largest absolute Gasteiger partial charge is 0.389 e. The van der Waals surface area contributed by atoms with Crippen LogP contribution in [-0.2, 0) is 0 Å². The van der Waals surface area contributed by atoms with E-state index in [0.717, 1.165) is 19.5 Å². The van der Waals surface area contributed by atoms with Gasteiger partial charge in [-0.3, -0.25) is 0 Å². The third-order valence-corrected chi connectivity index (χ3v) is 4.15. The highest BCUT2D eigenvalue weighted by molar-refractivity contribution is 4.81. The van der Waals surface area contributed by atoms with Gasteiger partial charge < -0.3 is 10.6 Å². The van der Waals surface area contributed by atoms with Crippen molar-refractivity contribution in [3.63, 3.8) is 0 Å². The van der Waals surface area contributed by atoms with Gasteiger partial charge in [0.25, 0.3) is 0 Å². The lowest BCUT2D eigenvalue weighted by Crippen LogP contribution is -2.46. The van der Waals surface area contributed by atoms with Gasteiger partial charge in [-0.05, 0) is 51.1 Å². The number of hydrogen-bond donors (Lipinski definition) is 1. The highest BCUT2D eigenvalue weighted by Gasteiger charge is 2.29. The van der Waals surface area contributed by atoms with Crippen molar-refractivity contribution in [1.82, 2.24) is 4.90 Å². The maximum absolute atomic E-state index is 12.1. The molecule has 1 fully saturated rings. The quantitative estimate of drug-likeness (QED) is 0.828. The summed E-state index contributed by atoms with van der Waals surface area (Å²) < 4.78 is 36.3. The van der Waals surface area contributed by atoms with Crippen LogP contribution in [0.5, 0.6) is 0 Å². The summed E-state index contributed by atoms with van der Waals surface area (Å²) in [5.74, 6) is 1.12. The Labute approximate surface area is 108 Å². The number of nitrogens with zero attached hydrogens (tertiary/aromatic N) is 1. The monoisotopic (exact) mass is 266 g/mol. The smallest absolute Gasteiger partial charge is 0.330 e.